The van der Waals surface area contributed by atoms with E-state index in [1.54, 1.807) is 0 Å². The summed E-state index contributed by atoms with van der Waals surface area (Å²) in [5.74, 6) is 0.310. The average Bonchev–Trinajstić information content (AvgIpc) is 2.64. The number of urea groups is 1. The van der Waals surface area contributed by atoms with Crippen LogP contribution in [0.15, 0.2) is 0 Å². The largest absolute Gasteiger partial charge is 0.351 e. The molecule has 1 fully saturated rings. The summed E-state index contributed by atoms with van der Waals surface area (Å²) in [6.07, 6.45) is 6.21. The highest BCUT2D eigenvalue weighted by molar-refractivity contribution is 5.94. The van der Waals surface area contributed by atoms with Crippen molar-refractivity contribution < 1.29 is 9.59 Å². The van der Waals surface area contributed by atoms with Crippen LogP contribution >= 0.6 is 0 Å². The summed E-state index contributed by atoms with van der Waals surface area (Å²) in [6.45, 7) is 5.47. The lowest BCUT2D eigenvalue weighted by Crippen LogP contribution is -2.43. The number of carbonyl (C=O) groups is 2. The van der Waals surface area contributed by atoms with E-state index in [1.165, 1.54) is 32.1 Å². The molecule has 0 saturated heterocycles. The molecule has 18 heavy (non-hydrogen) atoms. The molecule has 1 saturated carbocycles. The van der Waals surface area contributed by atoms with Crippen molar-refractivity contribution in [3.05, 3.63) is 0 Å². The van der Waals surface area contributed by atoms with Gasteiger partial charge in [0, 0.05) is 6.54 Å². The van der Waals surface area contributed by atoms with Gasteiger partial charge in [0.1, 0.15) is 0 Å². The topological polar surface area (TPSA) is 84.2 Å². The van der Waals surface area contributed by atoms with Gasteiger partial charge >= 0.3 is 6.03 Å². The van der Waals surface area contributed by atoms with E-state index >= 15 is 0 Å². The molecular formula is C13H25N3O2. The van der Waals surface area contributed by atoms with E-state index in [2.05, 4.69) is 24.5 Å². The van der Waals surface area contributed by atoms with Crippen LogP contribution in [0, 0.1) is 11.3 Å². The Morgan fingerprint density at radius 1 is 1.28 bits per heavy atom. The molecule has 1 aliphatic rings. The third kappa shape index (κ3) is 5.04. The number of carbonyl (C=O) groups excluding carboxylic acids is 2. The lowest BCUT2D eigenvalue weighted by atomic mass is 9.78. The molecule has 0 spiro atoms. The molecule has 0 aromatic carbocycles. The van der Waals surface area contributed by atoms with Crippen LogP contribution in [0.1, 0.15) is 46.0 Å². The Hall–Kier alpha value is -1.10. The fourth-order valence-electron chi connectivity index (χ4n) is 3.07. The molecular weight excluding hydrogens is 230 g/mol. The molecule has 0 aliphatic heterocycles. The molecule has 0 radical (unpaired) electrons. The highest BCUT2D eigenvalue weighted by Gasteiger charge is 2.33. The third-order valence-corrected chi connectivity index (χ3v) is 3.55. The summed E-state index contributed by atoms with van der Waals surface area (Å²) in [7, 11) is 0. The zero-order valence-corrected chi connectivity index (χ0v) is 11.4. The number of imide groups is 1. The van der Waals surface area contributed by atoms with E-state index in [9.17, 15) is 9.59 Å². The van der Waals surface area contributed by atoms with E-state index in [0.717, 1.165) is 6.54 Å². The molecule has 0 unspecified atom stereocenters. The molecule has 1 aliphatic carbocycles. The van der Waals surface area contributed by atoms with Crippen molar-refractivity contribution in [2.24, 2.45) is 17.1 Å². The van der Waals surface area contributed by atoms with Crippen molar-refractivity contribution >= 4 is 11.9 Å². The highest BCUT2D eigenvalue weighted by Crippen LogP contribution is 2.42. The highest BCUT2D eigenvalue weighted by atomic mass is 16.2. The lowest BCUT2D eigenvalue weighted by Gasteiger charge is -2.31. The summed E-state index contributed by atoms with van der Waals surface area (Å²) < 4.78 is 0. The summed E-state index contributed by atoms with van der Waals surface area (Å²) >= 11 is 0. The Morgan fingerprint density at radius 2 is 1.89 bits per heavy atom. The van der Waals surface area contributed by atoms with Crippen LogP contribution < -0.4 is 16.4 Å². The maximum absolute atomic E-state index is 11.3. The van der Waals surface area contributed by atoms with E-state index < -0.39 is 6.03 Å². The van der Waals surface area contributed by atoms with Gasteiger partial charge in [-0.3, -0.25) is 10.1 Å². The van der Waals surface area contributed by atoms with Gasteiger partial charge in [0.2, 0.25) is 5.91 Å². The second-order valence-electron chi connectivity index (χ2n) is 5.82. The van der Waals surface area contributed by atoms with Gasteiger partial charge in [-0.15, -0.1) is 0 Å². The normalized spacial score (nSPS) is 17.9. The minimum atomic E-state index is -0.792. The average molecular weight is 255 g/mol. The third-order valence-electron chi connectivity index (χ3n) is 3.55. The summed E-state index contributed by atoms with van der Waals surface area (Å²) in [5.41, 5.74) is 5.21. The van der Waals surface area contributed by atoms with E-state index in [1.807, 2.05) is 0 Å². The van der Waals surface area contributed by atoms with Crippen molar-refractivity contribution in [3.63, 3.8) is 0 Å². The van der Waals surface area contributed by atoms with Gasteiger partial charge in [0.05, 0.1) is 6.54 Å². The van der Waals surface area contributed by atoms with Gasteiger partial charge in [-0.25, -0.2) is 4.79 Å². The number of nitrogens with one attached hydrogen (secondary N) is 2. The predicted molar refractivity (Wildman–Crippen MR) is 71.0 cm³/mol. The van der Waals surface area contributed by atoms with Gasteiger partial charge in [-0.05, 0) is 30.6 Å². The molecule has 3 amide bonds. The Balaban J connectivity index is 2.34. The zero-order valence-electron chi connectivity index (χ0n) is 11.4. The Labute approximate surface area is 109 Å². The Morgan fingerprint density at radius 3 is 2.39 bits per heavy atom. The number of nitrogens with two attached hydrogens (primary N) is 1. The fourth-order valence-corrected chi connectivity index (χ4v) is 3.07. The van der Waals surface area contributed by atoms with Crippen molar-refractivity contribution in [2.45, 2.75) is 46.0 Å². The minimum Gasteiger partial charge on any atom is -0.351 e. The first kappa shape index (κ1) is 15.0. The van der Waals surface area contributed by atoms with Crippen LogP contribution in [-0.4, -0.2) is 25.0 Å². The molecule has 104 valence electrons. The second kappa shape index (κ2) is 6.73. The maximum atomic E-state index is 11.3. The number of rotatable bonds is 6. The van der Waals surface area contributed by atoms with Crippen molar-refractivity contribution in [1.82, 2.24) is 10.6 Å². The quantitative estimate of drug-likeness (QED) is 0.670. The van der Waals surface area contributed by atoms with E-state index in [0.29, 0.717) is 11.3 Å². The molecule has 5 heteroatoms. The second-order valence-corrected chi connectivity index (χ2v) is 5.82. The predicted octanol–water partition coefficient (Wildman–Crippen LogP) is 1.38. The molecule has 0 atom stereocenters. The van der Waals surface area contributed by atoms with E-state index in [-0.39, 0.29) is 12.5 Å². The molecule has 0 aromatic heterocycles. The molecule has 0 aromatic rings. The number of hydrogen-bond acceptors (Lipinski definition) is 3. The Bertz CT molecular complexity index is 297. The first-order valence-corrected chi connectivity index (χ1v) is 6.73. The number of amides is 3. The van der Waals surface area contributed by atoms with Gasteiger partial charge in [0.25, 0.3) is 0 Å². The molecule has 5 nitrogen and oxygen atoms in total. The van der Waals surface area contributed by atoms with E-state index in [4.69, 9.17) is 5.73 Å². The zero-order chi connectivity index (χ0) is 13.6. The summed E-state index contributed by atoms with van der Waals surface area (Å²) in [6, 6.07) is -0.792. The van der Waals surface area contributed by atoms with Crippen molar-refractivity contribution in [2.75, 3.05) is 13.1 Å². The minimum absolute atomic E-state index is 0.156. The van der Waals surface area contributed by atoms with Gasteiger partial charge in [-0.1, -0.05) is 26.7 Å². The number of hydrogen-bond donors (Lipinski definition) is 3. The van der Waals surface area contributed by atoms with Crippen molar-refractivity contribution in [3.8, 4) is 0 Å². The van der Waals surface area contributed by atoms with Crippen molar-refractivity contribution in [1.29, 1.82) is 0 Å². The van der Waals surface area contributed by atoms with Crippen LogP contribution in [0.25, 0.3) is 0 Å². The molecule has 1 rings (SSSR count). The maximum Gasteiger partial charge on any atom is 0.318 e. The number of primary amides is 1. The monoisotopic (exact) mass is 255 g/mol. The van der Waals surface area contributed by atoms with Crippen LogP contribution in [0.4, 0.5) is 4.79 Å². The molecule has 0 bridgehead atoms. The summed E-state index contributed by atoms with van der Waals surface area (Å²) in [4.78, 5) is 21.8. The smallest absolute Gasteiger partial charge is 0.318 e. The van der Waals surface area contributed by atoms with Crippen LogP contribution in [0.2, 0.25) is 0 Å². The SMILES string of the molecule is CC(C)CC1(CNCC(=O)NC(N)=O)CCCC1. The standard InChI is InChI=1S/C13H25N3O2/c1-10(2)7-13(5-3-4-6-13)9-15-8-11(17)16-12(14)18/h10,15H,3-9H2,1-2H3,(H3,14,16,17,18). The van der Waals surface area contributed by atoms with Gasteiger partial charge < -0.3 is 11.1 Å². The molecule has 4 N–H and O–H groups in total. The lowest BCUT2D eigenvalue weighted by molar-refractivity contribution is -0.119. The van der Waals surface area contributed by atoms with Crippen LogP contribution in [0.3, 0.4) is 0 Å². The Kier molecular flexibility index (Phi) is 5.59. The van der Waals surface area contributed by atoms with Crippen LogP contribution in [0.5, 0.6) is 0 Å². The first-order valence-electron chi connectivity index (χ1n) is 6.73. The first-order chi connectivity index (χ1) is 8.43. The fraction of sp³-hybridized carbons (Fsp3) is 0.846. The van der Waals surface area contributed by atoms with Gasteiger partial charge in [0.15, 0.2) is 0 Å². The molecule has 0 heterocycles. The van der Waals surface area contributed by atoms with Crippen LogP contribution in [-0.2, 0) is 4.79 Å². The summed E-state index contributed by atoms with van der Waals surface area (Å²) in [5, 5.41) is 5.22. The van der Waals surface area contributed by atoms with Gasteiger partial charge in [-0.2, -0.15) is 0 Å².